The van der Waals surface area contributed by atoms with Crippen LogP contribution in [0.15, 0.2) is 29.3 Å². The van der Waals surface area contributed by atoms with Crippen molar-refractivity contribution >= 4 is 0 Å². The molecule has 5 rings (SSSR count). The van der Waals surface area contributed by atoms with Crippen molar-refractivity contribution < 1.29 is 4.74 Å². The first-order valence-corrected chi connectivity index (χ1v) is 10.4. The average Bonchev–Trinajstić information content (AvgIpc) is 3.10. The fraction of sp³-hybridized carbons (Fsp3) is 0.619. The Morgan fingerprint density at radius 3 is 2.75 bits per heavy atom. The quantitative estimate of drug-likeness (QED) is 0.790. The summed E-state index contributed by atoms with van der Waals surface area (Å²) in [5.41, 5.74) is 2.36. The van der Waals surface area contributed by atoms with Crippen LogP contribution in [-0.4, -0.2) is 63.3 Å². The number of hydrogen-bond acceptors (Lipinski definition) is 5. The van der Waals surface area contributed by atoms with Crippen LogP contribution in [-0.2, 0) is 31.4 Å². The number of piperidine rings is 1. The summed E-state index contributed by atoms with van der Waals surface area (Å²) in [6.07, 6.45) is 5.06. The maximum absolute atomic E-state index is 13.2. The normalized spacial score (nSPS) is 25.6. The van der Waals surface area contributed by atoms with Gasteiger partial charge in [-0.25, -0.2) is 4.98 Å². The van der Waals surface area contributed by atoms with Crippen LogP contribution in [0.25, 0.3) is 0 Å². The van der Waals surface area contributed by atoms with E-state index in [0.717, 1.165) is 70.4 Å². The van der Waals surface area contributed by atoms with Crippen LogP contribution in [0.3, 0.4) is 0 Å². The third-order valence-corrected chi connectivity index (χ3v) is 6.54. The summed E-state index contributed by atoms with van der Waals surface area (Å²) in [4.78, 5) is 22.5. The molecule has 2 atom stereocenters. The van der Waals surface area contributed by atoms with Gasteiger partial charge in [0.05, 0.1) is 19.8 Å². The van der Waals surface area contributed by atoms with E-state index in [2.05, 4.69) is 43.1 Å². The second-order valence-corrected chi connectivity index (χ2v) is 8.53. The molecule has 0 aromatic carbocycles. The standard InChI is InChI=1S/C21H29N5O2/c1-23-5-4-22-20(23)15-25-11-16-10-18(14-25)19-3-2-17(21(27)26(19)12-16)13-24-6-8-28-9-7-24/h2-5,16,18H,6-15H2,1H3/t16-,18+/m0/s1. The van der Waals surface area contributed by atoms with Gasteiger partial charge in [-0.05, 0) is 18.4 Å². The predicted molar refractivity (Wildman–Crippen MR) is 106 cm³/mol. The summed E-state index contributed by atoms with van der Waals surface area (Å²) in [7, 11) is 2.05. The molecule has 2 fully saturated rings. The number of ether oxygens (including phenoxy) is 1. The molecule has 0 unspecified atom stereocenters. The number of rotatable bonds is 4. The maximum atomic E-state index is 13.2. The van der Waals surface area contributed by atoms with Crippen LogP contribution in [0.5, 0.6) is 0 Å². The fourth-order valence-corrected chi connectivity index (χ4v) is 5.09. The minimum absolute atomic E-state index is 0.219. The molecular weight excluding hydrogens is 354 g/mol. The number of hydrogen-bond donors (Lipinski definition) is 0. The minimum atomic E-state index is 0.219. The van der Waals surface area contributed by atoms with E-state index in [4.69, 9.17) is 4.74 Å². The first-order chi connectivity index (χ1) is 13.7. The topological polar surface area (TPSA) is 55.5 Å². The van der Waals surface area contributed by atoms with Crippen LogP contribution < -0.4 is 5.56 Å². The highest BCUT2D eigenvalue weighted by atomic mass is 16.5. The number of morpholine rings is 1. The van der Waals surface area contributed by atoms with E-state index in [0.29, 0.717) is 11.8 Å². The van der Waals surface area contributed by atoms with Crippen LogP contribution >= 0.6 is 0 Å². The zero-order chi connectivity index (χ0) is 19.1. The molecular formula is C21H29N5O2. The van der Waals surface area contributed by atoms with Crippen LogP contribution in [0, 0.1) is 5.92 Å². The lowest BCUT2D eigenvalue weighted by atomic mass is 9.83. The van der Waals surface area contributed by atoms with Gasteiger partial charge in [0.15, 0.2) is 0 Å². The van der Waals surface area contributed by atoms with Crippen molar-refractivity contribution in [3.63, 3.8) is 0 Å². The second-order valence-electron chi connectivity index (χ2n) is 8.53. The Morgan fingerprint density at radius 1 is 1.11 bits per heavy atom. The molecule has 3 aliphatic heterocycles. The Balaban J connectivity index is 1.35. The maximum Gasteiger partial charge on any atom is 0.255 e. The predicted octanol–water partition coefficient (Wildman–Crippen LogP) is 1.03. The Morgan fingerprint density at radius 2 is 1.96 bits per heavy atom. The molecule has 0 spiro atoms. The number of aromatic nitrogens is 3. The van der Waals surface area contributed by atoms with Gasteiger partial charge in [-0.3, -0.25) is 14.6 Å². The highest BCUT2D eigenvalue weighted by molar-refractivity contribution is 5.22. The Labute approximate surface area is 165 Å². The summed E-state index contributed by atoms with van der Waals surface area (Å²) in [5.74, 6) is 2.10. The lowest BCUT2D eigenvalue weighted by Crippen LogP contribution is -2.47. The van der Waals surface area contributed by atoms with Crippen molar-refractivity contribution in [1.82, 2.24) is 23.9 Å². The molecule has 0 radical (unpaired) electrons. The number of nitrogens with zero attached hydrogens (tertiary/aromatic N) is 5. The second kappa shape index (κ2) is 7.46. The van der Waals surface area contributed by atoms with Crippen molar-refractivity contribution in [2.45, 2.75) is 32.0 Å². The average molecular weight is 383 g/mol. The number of pyridine rings is 1. The molecule has 5 heterocycles. The highest BCUT2D eigenvalue weighted by Crippen LogP contribution is 2.35. The molecule has 0 saturated carbocycles. The van der Waals surface area contributed by atoms with Crippen molar-refractivity contribution in [1.29, 1.82) is 0 Å². The molecule has 28 heavy (non-hydrogen) atoms. The molecule has 3 aliphatic rings. The van der Waals surface area contributed by atoms with Gasteiger partial charge in [-0.2, -0.15) is 0 Å². The van der Waals surface area contributed by atoms with E-state index >= 15 is 0 Å². The fourth-order valence-electron chi connectivity index (χ4n) is 5.09. The summed E-state index contributed by atoms with van der Waals surface area (Å²) in [5, 5.41) is 0. The summed E-state index contributed by atoms with van der Waals surface area (Å²) in [6, 6.07) is 4.28. The van der Waals surface area contributed by atoms with E-state index in [1.807, 2.05) is 12.4 Å². The van der Waals surface area contributed by atoms with E-state index in [1.165, 1.54) is 12.1 Å². The SMILES string of the molecule is Cn1ccnc1CN1C[C@@H]2C[C@H](C1)c1ccc(CN3CCOCC3)c(=O)n1C2. The van der Waals surface area contributed by atoms with Gasteiger partial charge in [0.25, 0.3) is 5.56 Å². The van der Waals surface area contributed by atoms with Gasteiger partial charge in [0.2, 0.25) is 0 Å². The third kappa shape index (κ3) is 3.43. The van der Waals surface area contributed by atoms with Crippen molar-refractivity contribution in [3.05, 3.63) is 52.0 Å². The Hall–Kier alpha value is -1.96. The first-order valence-electron chi connectivity index (χ1n) is 10.4. The van der Waals surface area contributed by atoms with Crippen LogP contribution in [0.2, 0.25) is 0 Å². The molecule has 150 valence electrons. The zero-order valence-corrected chi connectivity index (χ0v) is 16.6. The van der Waals surface area contributed by atoms with Crippen molar-refractivity contribution in [2.75, 3.05) is 39.4 Å². The van der Waals surface area contributed by atoms with Crippen molar-refractivity contribution in [2.24, 2.45) is 13.0 Å². The van der Waals surface area contributed by atoms with E-state index in [1.54, 1.807) is 0 Å². The highest BCUT2D eigenvalue weighted by Gasteiger charge is 2.35. The Kier molecular flexibility index (Phi) is 4.82. The minimum Gasteiger partial charge on any atom is -0.379 e. The summed E-state index contributed by atoms with van der Waals surface area (Å²) >= 11 is 0. The number of imidazole rings is 1. The smallest absolute Gasteiger partial charge is 0.255 e. The Bertz CT molecular complexity index is 898. The number of likely N-dealkylation sites (tertiary alicyclic amines) is 1. The van der Waals surface area contributed by atoms with Gasteiger partial charge in [-0.1, -0.05) is 6.07 Å². The summed E-state index contributed by atoms with van der Waals surface area (Å²) in [6.45, 7) is 7.87. The van der Waals surface area contributed by atoms with Gasteiger partial charge in [-0.15, -0.1) is 0 Å². The third-order valence-electron chi connectivity index (χ3n) is 6.54. The molecule has 0 aliphatic carbocycles. The molecule has 2 aromatic rings. The van der Waals surface area contributed by atoms with Gasteiger partial charge < -0.3 is 13.9 Å². The van der Waals surface area contributed by atoms with Gasteiger partial charge in [0.1, 0.15) is 5.82 Å². The molecule has 0 N–H and O–H groups in total. The molecule has 0 amide bonds. The first kappa shape index (κ1) is 18.1. The molecule has 7 nitrogen and oxygen atoms in total. The number of fused-ring (bicyclic) bond motifs is 4. The lowest BCUT2D eigenvalue weighted by Gasteiger charge is -2.42. The molecule has 2 saturated heterocycles. The van der Waals surface area contributed by atoms with Crippen molar-refractivity contribution in [3.8, 4) is 0 Å². The monoisotopic (exact) mass is 383 g/mol. The zero-order valence-electron chi connectivity index (χ0n) is 16.6. The van der Waals surface area contributed by atoms with E-state index in [9.17, 15) is 4.79 Å². The van der Waals surface area contributed by atoms with E-state index in [-0.39, 0.29) is 5.56 Å². The van der Waals surface area contributed by atoms with E-state index < -0.39 is 0 Å². The largest absolute Gasteiger partial charge is 0.379 e. The molecule has 2 bridgehead atoms. The molecule has 2 aromatic heterocycles. The summed E-state index contributed by atoms with van der Waals surface area (Å²) < 4.78 is 9.60. The number of aryl methyl sites for hydroxylation is 1. The van der Waals surface area contributed by atoms with Gasteiger partial charge in [0, 0.05) is 75.9 Å². The van der Waals surface area contributed by atoms with Crippen LogP contribution in [0.1, 0.15) is 29.4 Å². The van der Waals surface area contributed by atoms with Gasteiger partial charge >= 0.3 is 0 Å². The van der Waals surface area contributed by atoms with Crippen LogP contribution in [0.4, 0.5) is 0 Å². The molecule has 7 heteroatoms. The lowest BCUT2D eigenvalue weighted by molar-refractivity contribution is 0.0338.